The number of nitrogens with zero attached hydrogens (tertiary/aromatic N) is 3. The molecular weight excluding hydrogens is 663 g/mol. The van der Waals surface area contributed by atoms with Crippen LogP contribution in [-0.2, 0) is 6.54 Å². The van der Waals surface area contributed by atoms with Crippen molar-refractivity contribution in [2.45, 2.75) is 58.3 Å². The summed E-state index contributed by atoms with van der Waals surface area (Å²) in [6, 6.07) is 3.12. The highest BCUT2D eigenvalue weighted by molar-refractivity contribution is 9.10. The maximum absolute atomic E-state index is 15.2. The van der Waals surface area contributed by atoms with Gasteiger partial charge in [0.25, 0.3) is 11.3 Å². The zero-order valence-electron chi connectivity index (χ0n) is 19.0. The number of anilines is 1. The van der Waals surface area contributed by atoms with Crippen LogP contribution in [0.4, 0.5) is 54.1 Å². The first-order valence-electron chi connectivity index (χ1n) is 10.7. The Hall–Kier alpha value is -2.77. The minimum Gasteiger partial charge on any atom is -0.454 e. The predicted molar refractivity (Wildman–Crippen MR) is 116 cm³/mol. The van der Waals surface area contributed by atoms with Gasteiger partial charge in [-0.3, -0.25) is 0 Å². The number of nitrogens with one attached hydrogen (secondary N) is 1. The number of aromatic amines is 1. The molecule has 5 rings (SSSR count). The highest BCUT2D eigenvalue weighted by Crippen LogP contribution is 2.70. The van der Waals surface area contributed by atoms with Crippen LogP contribution in [0.2, 0.25) is 0 Å². The van der Waals surface area contributed by atoms with Gasteiger partial charge in [0.2, 0.25) is 24.1 Å². The number of aryl methyl sites for hydroxylation is 1. The van der Waals surface area contributed by atoms with Crippen LogP contribution in [0.15, 0.2) is 33.0 Å². The van der Waals surface area contributed by atoms with E-state index in [1.807, 2.05) is 0 Å². The van der Waals surface area contributed by atoms with E-state index in [0.717, 1.165) is 11.8 Å². The summed E-state index contributed by atoms with van der Waals surface area (Å²) < 4.78 is 166. The number of hydrogen-bond acceptors (Lipinski definition) is 6. The first-order valence-corrected chi connectivity index (χ1v) is 12.3. The number of nitrogens with two attached hydrogens (primary N) is 1. The Kier molecular flexibility index (Phi) is 6.19. The zero-order valence-corrected chi connectivity index (χ0v) is 21.4. The van der Waals surface area contributed by atoms with E-state index in [4.69, 9.17) is 15.2 Å². The fourth-order valence-electron chi connectivity index (χ4n) is 4.15. The minimum absolute atomic E-state index is 0.0176. The second-order valence-electron chi connectivity index (χ2n) is 8.72. The Morgan fingerprint density at radius 3 is 2.05 bits per heavy atom. The van der Waals surface area contributed by atoms with Crippen molar-refractivity contribution in [2.24, 2.45) is 0 Å². The number of rotatable bonds is 5. The van der Waals surface area contributed by atoms with Crippen molar-refractivity contribution in [3.05, 3.63) is 22.9 Å². The smallest absolute Gasteiger partial charge is 0.384 e. The molecule has 1 saturated carbocycles. The molecule has 1 aliphatic carbocycles. The fraction of sp³-hybridized carbons (Fsp3) is 0.450. The summed E-state index contributed by atoms with van der Waals surface area (Å²) in [7, 11) is 0. The molecular formula is C20H12BrF11N5O2S+. The van der Waals surface area contributed by atoms with Crippen molar-refractivity contribution in [2.75, 3.05) is 12.5 Å². The largest absolute Gasteiger partial charge is 0.454 e. The summed E-state index contributed by atoms with van der Waals surface area (Å²) >= 11 is 4.23. The molecule has 0 bridgehead atoms. The molecule has 0 radical (unpaired) electrons. The lowest BCUT2D eigenvalue weighted by Gasteiger charge is -2.52. The van der Waals surface area contributed by atoms with Gasteiger partial charge in [0.05, 0.1) is 6.54 Å². The summed E-state index contributed by atoms with van der Waals surface area (Å²) in [5, 5.41) is 0.0176. The lowest BCUT2D eigenvalue weighted by molar-refractivity contribution is -0.680. The van der Waals surface area contributed by atoms with Crippen molar-refractivity contribution in [3.63, 3.8) is 0 Å². The van der Waals surface area contributed by atoms with E-state index >= 15 is 4.39 Å². The van der Waals surface area contributed by atoms with Crippen molar-refractivity contribution in [1.82, 2.24) is 15.0 Å². The van der Waals surface area contributed by atoms with Gasteiger partial charge in [-0.05, 0) is 39.8 Å². The molecule has 3 N–H and O–H groups in total. The van der Waals surface area contributed by atoms with Crippen LogP contribution in [0, 0.1) is 0 Å². The SMILES string of the molecule is Nc1nc[n+](CCC2(F)C(F)(F)C(F)(F)C(F)(F)C(F)(F)C2(F)F)c2nc(Sc3cc4c(cc3Br)OCO4)[nH]c12. The summed E-state index contributed by atoms with van der Waals surface area (Å²) in [5.41, 5.74) is -0.896. The van der Waals surface area contributed by atoms with E-state index in [2.05, 4.69) is 30.9 Å². The molecule has 2 aromatic heterocycles. The normalized spacial score (nSPS) is 22.9. The van der Waals surface area contributed by atoms with Gasteiger partial charge >= 0.3 is 29.6 Å². The van der Waals surface area contributed by atoms with Crippen LogP contribution in [0.25, 0.3) is 11.2 Å². The van der Waals surface area contributed by atoms with E-state index in [1.165, 1.54) is 0 Å². The summed E-state index contributed by atoms with van der Waals surface area (Å²) in [6.07, 6.45) is -1.81. The first kappa shape index (κ1) is 28.7. The standard InChI is InChI=1S/C20H11BrF11N5O2S/c21-7-3-8-9(39-6-38-8)4-10(7)40-14-35-11-12(33)34-5-37(13(11)36-14)2-1-15(22)16(23,24)18(27,28)20(31,32)19(29,30)17(15,25)26/h3-5H,1-2,6H2,(H2,33,35,36)/p+1. The number of hydrogen-bond donors (Lipinski definition) is 2. The maximum Gasteiger partial charge on any atom is 0.384 e. The molecule has 0 saturated heterocycles. The Labute approximate surface area is 227 Å². The molecule has 0 atom stereocenters. The van der Waals surface area contributed by atoms with Gasteiger partial charge in [0.15, 0.2) is 17.0 Å². The van der Waals surface area contributed by atoms with Crippen molar-refractivity contribution in [3.8, 4) is 11.5 Å². The summed E-state index contributed by atoms with van der Waals surface area (Å²) in [5.74, 6) is -34.9. The lowest BCUT2D eigenvalue weighted by Crippen LogP contribution is -2.83. The number of imidazole rings is 1. The number of halogens is 12. The van der Waals surface area contributed by atoms with Gasteiger partial charge in [-0.1, -0.05) is 9.97 Å². The van der Waals surface area contributed by atoms with E-state index in [-0.39, 0.29) is 28.9 Å². The Bertz CT molecular complexity index is 1490. The third-order valence-electron chi connectivity index (χ3n) is 6.43. The van der Waals surface area contributed by atoms with E-state index in [9.17, 15) is 43.9 Å². The van der Waals surface area contributed by atoms with Gasteiger partial charge in [0, 0.05) is 15.8 Å². The molecule has 0 spiro atoms. The molecule has 218 valence electrons. The molecule has 7 nitrogen and oxygen atoms in total. The number of fused-ring (bicyclic) bond motifs is 2. The molecule has 2 aliphatic rings. The molecule has 3 aromatic rings. The van der Waals surface area contributed by atoms with Gasteiger partial charge < -0.3 is 20.2 Å². The van der Waals surface area contributed by atoms with Crippen LogP contribution in [0.3, 0.4) is 0 Å². The van der Waals surface area contributed by atoms with Crippen molar-refractivity contribution < 1.29 is 62.3 Å². The van der Waals surface area contributed by atoms with E-state index in [1.54, 1.807) is 12.1 Å². The molecule has 3 heterocycles. The molecule has 1 aromatic carbocycles. The van der Waals surface area contributed by atoms with Crippen LogP contribution < -0.4 is 19.8 Å². The molecule has 40 heavy (non-hydrogen) atoms. The van der Waals surface area contributed by atoms with Crippen molar-refractivity contribution >= 4 is 44.7 Å². The van der Waals surface area contributed by atoms with Crippen LogP contribution >= 0.6 is 27.7 Å². The fourth-order valence-corrected chi connectivity index (χ4v) is 5.53. The average molecular weight is 675 g/mol. The number of nitrogen functional groups attached to an aromatic ring is 1. The van der Waals surface area contributed by atoms with Gasteiger partial charge in [0.1, 0.15) is 0 Å². The molecule has 1 aliphatic heterocycles. The van der Waals surface area contributed by atoms with Crippen LogP contribution in [0.5, 0.6) is 11.5 Å². The number of H-pyrrole nitrogens is 1. The monoisotopic (exact) mass is 674 g/mol. The minimum atomic E-state index is -7.27. The molecule has 20 heteroatoms. The first-order chi connectivity index (χ1) is 18.3. The number of alkyl halides is 11. The van der Waals surface area contributed by atoms with Gasteiger partial charge in [-0.2, -0.15) is 43.9 Å². The van der Waals surface area contributed by atoms with E-state index in [0.29, 0.717) is 31.8 Å². The Morgan fingerprint density at radius 2 is 1.45 bits per heavy atom. The highest BCUT2D eigenvalue weighted by atomic mass is 79.9. The number of aromatic nitrogens is 4. The second-order valence-corrected chi connectivity index (χ2v) is 10.6. The number of benzene rings is 1. The quantitative estimate of drug-likeness (QED) is 0.264. The van der Waals surface area contributed by atoms with Crippen LogP contribution in [-0.4, -0.2) is 57.0 Å². The molecule has 1 fully saturated rings. The third kappa shape index (κ3) is 3.52. The zero-order chi connectivity index (χ0) is 29.7. The Morgan fingerprint density at radius 1 is 0.900 bits per heavy atom. The highest BCUT2D eigenvalue weighted by Gasteiger charge is 3.00. The molecule has 0 unspecified atom stereocenters. The summed E-state index contributed by atoms with van der Waals surface area (Å²) in [6.45, 7) is -1.49. The van der Waals surface area contributed by atoms with Gasteiger partial charge in [-0.15, -0.1) is 0 Å². The lowest BCUT2D eigenvalue weighted by atomic mass is 9.70. The average Bonchev–Trinajstić information content (AvgIpc) is 3.49. The summed E-state index contributed by atoms with van der Waals surface area (Å²) in [4.78, 5) is 10.9. The topological polar surface area (TPSA) is 89.9 Å². The Balaban J connectivity index is 1.50. The van der Waals surface area contributed by atoms with Crippen molar-refractivity contribution in [1.29, 1.82) is 0 Å². The third-order valence-corrected chi connectivity index (χ3v) is 8.29. The number of ether oxygens (including phenoxy) is 2. The predicted octanol–water partition coefficient (Wildman–Crippen LogP) is 5.76. The van der Waals surface area contributed by atoms with E-state index < -0.39 is 48.2 Å². The van der Waals surface area contributed by atoms with Gasteiger partial charge in [-0.25, -0.2) is 8.96 Å². The molecule has 0 amide bonds. The second kappa shape index (κ2) is 8.62. The van der Waals surface area contributed by atoms with Crippen LogP contribution in [0.1, 0.15) is 6.42 Å². The maximum atomic E-state index is 15.2.